The SMILES string of the molecule is Cc1cc(C)nc(C2CCN(c3ccc(Br)cc3)C2=O)c1. The quantitative estimate of drug-likeness (QED) is 0.825. The molecular weight excluding hydrogens is 328 g/mol. The summed E-state index contributed by atoms with van der Waals surface area (Å²) in [5.41, 5.74) is 3.99. The summed E-state index contributed by atoms with van der Waals surface area (Å²) in [6.07, 6.45) is 0.824. The first kappa shape index (κ1) is 14.3. The minimum absolute atomic E-state index is 0.118. The Balaban J connectivity index is 1.87. The summed E-state index contributed by atoms with van der Waals surface area (Å²) in [5.74, 6) is 0.0297. The number of anilines is 1. The number of hydrogen-bond acceptors (Lipinski definition) is 2. The minimum atomic E-state index is -0.118. The van der Waals surface area contributed by atoms with Gasteiger partial charge >= 0.3 is 0 Å². The molecule has 4 heteroatoms. The molecule has 0 spiro atoms. The molecule has 1 atom stereocenters. The molecule has 3 rings (SSSR count). The molecule has 0 saturated carbocycles. The van der Waals surface area contributed by atoms with Gasteiger partial charge in [0.25, 0.3) is 0 Å². The highest BCUT2D eigenvalue weighted by molar-refractivity contribution is 9.10. The molecule has 0 N–H and O–H groups in total. The summed E-state index contributed by atoms with van der Waals surface area (Å²) >= 11 is 3.42. The molecule has 1 saturated heterocycles. The second-order valence-electron chi connectivity index (χ2n) is 5.52. The van der Waals surface area contributed by atoms with E-state index in [2.05, 4.69) is 20.9 Å². The Labute approximate surface area is 133 Å². The van der Waals surface area contributed by atoms with E-state index in [0.29, 0.717) is 0 Å². The summed E-state index contributed by atoms with van der Waals surface area (Å²) in [6.45, 7) is 4.77. The molecule has 0 aliphatic carbocycles. The molecule has 1 aromatic heterocycles. The Kier molecular flexibility index (Phi) is 3.81. The van der Waals surface area contributed by atoms with E-state index >= 15 is 0 Å². The van der Waals surface area contributed by atoms with Crippen LogP contribution in [-0.2, 0) is 4.79 Å². The third kappa shape index (κ3) is 2.86. The second kappa shape index (κ2) is 5.60. The van der Waals surface area contributed by atoms with Gasteiger partial charge in [0, 0.05) is 22.4 Å². The number of aryl methyl sites for hydroxylation is 2. The molecule has 1 unspecified atom stereocenters. The maximum atomic E-state index is 12.7. The maximum absolute atomic E-state index is 12.7. The van der Waals surface area contributed by atoms with Crippen LogP contribution in [0, 0.1) is 13.8 Å². The molecule has 2 heterocycles. The molecule has 1 amide bonds. The lowest BCUT2D eigenvalue weighted by molar-refractivity contribution is -0.118. The Morgan fingerprint density at radius 1 is 1.19 bits per heavy atom. The molecule has 0 radical (unpaired) electrons. The number of benzene rings is 1. The van der Waals surface area contributed by atoms with Crippen molar-refractivity contribution >= 4 is 27.5 Å². The number of carbonyl (C=O) groups is 1. The number of halogens is 1. The van der Waals surface area contributed by atoms with Crippen molar-refractivity contribution in [2.75, 3.05) is 11.4 Å². The van der Waals surface area contributed by atoms with E-state index in [0.717, 1.165) is 40.1 Å². The van der Waals surface area contributed by atoms with Crippen molar-refractivity contribution in [3.8, 4) is 0 Å². The van der Waals surface area contributed by atoms with E-state index in [1.165, 1.54) is 0 Å². The van der Waals surface area contributed by atoms with Gasteiger partial charge in [0.15, 0.2) is 0 Å². The lowest BCUT2D eigenvalue weighted by Crippen LogP contribution is -2.26. The fraction of sp³-hybridized carbons (Fsp3) is 0.294. The Morgan fingerprint density at radius 3 is 2.57 bits per heavy atom. The molecule has 21 heavy (non-hydrogen) atoms. The summed E-state index contributed by atoms with van der Waals surface area (Å²) in [6, 6.07) is 11.9. The average molecular weight is 345 g/mol. The van der Waals surface area contributed by atoms with Gasteiger partial charge in [0.05, 0.1) is 11.6 Å². The maximum Gasteiger partial charge on any atom is 0.236 e. The van der Waals surface area contributed by atoms with Crippen LogP contribution in [0.25, 0.3) is 0 Å². The van der Waals surface area contributed by atoms with Gasteiger partial charge in [-0.2, -0.15) is 0 Å². The van der Waals surface area contributed by atoms with Gasteiger partial charge in [-0.1, -0.05) is 15.9 Å². The van der Waals surface area contributed by atoms with Gasteiger partial charge in [-0.25, -0.2) is 0 Å². The molecule has 3 nitrogen and oxygen atoms in total. The first-order chi connectivity index (χ1) is 10.0. The first-order valence-electron chi connectivity index (χ1n) is 7.07. The smallest absolute Gasteiger partial charge is 0.236 e. The van der Waals surface area contributed by atoms with Crippen molar-refractivity contribution in [3.63, 3.8) is 0 Å². The van der Waals surface area contributed by atoms with Gasteiger partial charge in [-0.3, -0.25) is 9.78 Å². The van der Waals surface area contributed by atoms with Crippen LogP contribution in [-0.4, -0.2) is 17.4 Å². The van der Waals surface area contributed by atoms with Crippen LogP contribution in [0.15, 0.2) is 40.9 Å². The van der Waals surface area contributed by atoms with Gasteiger partial charge in [-0.15, -0.1) is 0 Å². The molecule has 2 aromatic rings. The highest BCUT2D eigenvalue weighted by Gasteiger charge is 2.34. The number of nitrogens with zero attached hydrogens (tertiary/aromatic N) is 2. The van der Waals surface area contributed by atoms with E-state index in [1.54, 1.807) is 0 Å². The monoisotopic (exact) mass is 344 g/mol. The zero-order valence-electron chi connectivity index (χ0n) is 12.1. The third-order valence-electron chi connectivity index (χ3n) is 3.82. The average Bonchev–Trinajstić information content (AvgIpc) is 2.80. The van der Waals surface area contributed by atoms with Crippen molar-refractivity contribution in [3.05, 3.63) is 57.8 Å². The number of pyridine rings is 1. The van der Waals surface area contributed by atoms with Gasteiger partial charge in [0.1, 0.15) is 0 Å². The molecule has 1 aromatic carbocycles. The van der Waals surface area contributed by atoms with E-state index < -0.39 is 0 Å². The molecule has 1 aliphatic heterocycles. The van der Waals surface area contributed by atoms with Crippen LogP contribution in [0.2, 0.25) is 0 Å². The Hall–Kier alpha value is -1.68. The number of amides is 1. The lowest BCUT2D eigenvalue weighted by atomic mass is 10.0. The summed E-state index contributed by atoms with van der Waals surface area (Å²) in [5, 5.41) is 0. The Morgan fingerprint density at radius 2 is 1.90 bits per heavy atom. The summed E-state index contributed by atoms with van der Waals surface area (Å²) in [7, 11) is 0. The van der Waals surface area contributed by atoms with Crippen LogP contribution in [0.4, 0.5) is 5.69 Å². The van der Waals surface area contributed by atoms with E-state index in [4.69, 9.17) is 0 Å². The highest BCUT2D eigenvalue weighted by atomic mass is 79.9. The number of carbonyl (C=O) groups excluding carboxylic acids is 1. The molecule has 1 fully saturated rings. The van der Waals surface area contributed by atoms with Crippen molar-refractivity contribution in [2.45, 2.75) is 26.2 Å². The van der Waals surface area contributed by atoms with Crippen LogP contribution in [0.3, 0.4) is 0 Å². The molecule has 0 bridgehead atoms. The Bertz CT molecular complexity index is 661. The second-order valence-corrected chi connectivity index (χ2v) is 6.43. The fourth-order valence-electron chi connectivity index (χ4n) is 2.88. The van der Waals surface area contributed by atoms with Crippen LogP contribution < -0.4 is 4.90 Å². The largest absolute Gasteiger partial charge is 0.312 e. The van der Waals surface area contributed by atoms with Gasteiger partial charge < -0.3 is 4.90 Å². The predicted molar refractivity (Wildman–Crippen MR) is 87.6 cm³/mol. The number of hydrogen-bond donors (Lipinski definition) is 0. The van der Waals surface area contributed by atoms with Crippen LogP contribution >= 0.6 is 15.9 Å². The number of rotatable bonds is 2. The predicted octanol–water partition coefficient (Wildman–Crippen LogP) is 3.98. The highest BCUT2D eigenvalue weighted by Crippen LogP contribution is 2.32. The van der Waals surface area contributed by atoms with Crippen LogP contribution in [0.5, 0.6) is 0 Å². The minimum Gasteiger partial charge on any atom is -0.312 e. The van der Waals surface area contributed by atoms with E-state index in [-0.39, 0.29) is 11.8 Å². The zero-order chi connectivity index (χ0) is 15.0. The normalized spacial score (nSPS) is 18.3. The van der Waals surface area contributed by atoms with Crippen molar-refractivity contribution in [2.24, 2.45) is 0 Å². The van der Waals surface area contributed by atoms with Crippen molar-refractivity contribution in [1.29, 1.82) is 0 Å². The van der Waals surface area contributed by atoms with E-state index in [9.17, 15) is 4.79 Å². The number of aromatic nitrogens is 1. The lowest BCUT2D eigenvalue weighted by Gasteiger charge is -2.17. The summed E-state index contributed by atoms with van der Waals surface area (Å²) < 4.78 is 1.02. The topological polar surface area (TPSA) is 33.2 Å². The molecule has 108 valence electrons. The van der Waals surface area contributed by atoms with Crippen molar-refractivity contribution < 1.29 is 4.79 Å². The third-order valence-corrected chi connectivity index (χ3v) is 4.35. The first-order valence-corrected chi connectivity index (χ1v) is 7.86. The molecule has 1 aliphatic rings. The molecular formula is C17H17BrN2O. The summed E-state index contributed by atoms with van der Waals surface area (Å²) in [4.78, 5) is 19.1. The van der Waals surface area contributed by atoms with Gasteiger partial charge in [0.2, 0.25) is 5.91 Å². The van der Waals surface area contributed by atoms with Crippen molar-refractivity contribution in [1.82, 2.24) is 4.98 Å². The fourth-order valence-corrected chi connectivity index (χ4v) is 3.15. The van der Waals surface area contributed by atoms with Crippen LogP contribution in [0.1, 0.15) is 29.3 Å². The van der Waals surface area contributed by atoms with E-state index in [1.807, 2.05) is 55.1 Å². The van der Waals surface area contributed by atoms with Gasteiger partial charge in [-0.05, 0) is 62.2 Å². The zero-order valence-corrected chi connectivity index (χ0v) is 13.7. The standard InChI is InChI=1S/C17H17BrN2O/c1-11-9-12(2)19-16(10-11)15-7-8-20(17(15)21)14-5-3-13(18)4-6-14/h3-6,9-10,15H,7-8H2,1-2H3.